The van der Waals surface area contributed by atoms with E-state index >= 15 is 0 Å². The number of hydrogen-bond acceptors (Lipinski definition) is 8. The normalized spacial score (nSPS) is 11.7. The van der Waals surface area contributed by atoms with Crippen molar-refractivity contribution in [2.45, 2.75) is 10.1 Å². The molecule has 1 aromatic heterocycles. The zero-order chi connectivity index (χ0) is 32.3. The van der Waals surface area contributed by atoms with Gasteiger partial charge >= 0.3 is 0 Å². The van der Waals surface area contributed by atoms with Gasteiger partial charge in [-0.25, -0.2) is 4.98 Å². The van der Waals surface area contributed by atoms with Crippen molar-refractivity contribution in [1.82, 2.24) is 10.3 Å². The summed E-state index contributed by atoms with van der Waals surface area (Å²) in [6.45, 7) is 0. The van der Waals surface area contributed by atoms with Gasteiger partial charge in [0.05, 0.1) is 14.2 Å². The summed E-state index contributed by atoms with van der Waals surface area (Å²) in [5, 5.41) is 10.3. The molecular formula is C35H30N4O5S2. The number of benzene rings is 4. The number of carbonyl (C=O) groups is 3. The number of thiazole rings is 1. The van der Waals surface area contributed by atoms with Gasteiger partial charge in [0, 0.05) is 33.3 Å². The van der Waals surface area contributed by atoms with Crippen LogP contribution in [0.15, 0.2) is 125 Å². The predicted octanol–water partition coefficient (Wildman–Crippen LogP) is 7.04. The molecule has 0 spiro atoms. The Morgan fingerprint density at radius 1 is 0.848 bits per heavy atom. The third-order valence-electron chi connectivity index (χ3n) is 6.63. The highest BCUT2D eigenvalue weighted by molar-refractivity contribution is 8.00. The summed E-state index contributed by atoms with van der Waals surface area (Å²) in [6, 6.07) is 30.4. The average Bonchev–Trinajstić information content (AvgIpc) is 3.61. The van der Waals surface area contributed by atoms with Gasteiger partial charge in [-0.05, 0) is 66.2 Å². The molecule has 3 amide bonds. The topological polar surface area (TPSA) is 119 Å². The molecule has 1 heterocycles. The summed E-state index contributed by atoms with van der Waals surface area (Å²) in [7, 11) is 3.06. The van der Waals surface area contributed by atoms with Crippen molar-refractivity contribution in [3.63, 3.8) is 0 Å². The molecule has 11 heteroatoms. The largest absolute Gasteiger partial charge is 0.497 e. The Morgan fingerprint density at radius 3 is 2.22 bits per heavy atom. The summed E-state index contributed by atoms with van der Waals surface area (Å²) in [4.78, 5) is 44.9. The quantitative estimate of drug-likeness (QED) is 0.0979. The van der Waals surface area contributed by atoms with Crippen LogP contribution in [0.25, 0.3) is 6.08 Å². The predicted molar refractivity (Wildman–Crippen MR) is 182 cm³/mol. The number of hydrogen-bond donors (Lipinski definition) is 3. The summed E-state index contributed by atoms with van der Waals surface area (Å²) in [5.41, 5.74) is 2.27. The Hall–Kier alpha value is -5.39. The number of aromatic nitrogens is 1. The standard InChI is InChI=1S/C35H30N4O5S2/c1-43-27-15-18-30(44-2)25(21-27)22-29(38-32(40)24-11-7-4-8-12-24)33(41)37-26-13-16-28(17-14-26)46-31(23-9-5-3-6-10-23)34(42)39-35-36-19-20-45-35/h3-22,31H,1-2H3,(H,37,41)(H,38,40)(H,36,39,42)/b29-22-. The van der Waals surface area contributed by atoms with Crippen LogP contribution in [0.3, 0.4) is 0 Å². The molecule has 3 N–H and O–H groups in total. The van der Waals surface area contributed by atoms with Gasteiger partial charge in [-0.2, -0.15) is 0 Å². The summed E-state index contributed by atoms with van der Waals surface area (Å²) >= 11 is 2.73. The number of ether oxygens (including phenoxy) is 2. The first kappa shape index (κ1) is 32.0. The maximum absolute atomic E-state index is 13.6. The SMILES string of the molecule is COc1ccc(OC)c(/C=C(\NC(=O)c2ccccc2)C(=O)Nc2ccc(SC(C(=O)Nc3nccs3)c3ccccc3)cc2)c1. The molecule has 9 nitrogen and oxygen atoms in total. The number of carbonyl (C=O) groups excluding carboxylic acids is 3. The van der Waals surface area contributed by atoms with Gasteiger partial charge in [-0.15, -0.1) is 23.1 Å². The lowest BCUT2D eigenvalue weighted by atomic mass is 10.1. The van der Waals surface area contributed by atoms with Crippen LogP contribution in [0.5, 0.6) is 11.5 Å². The number of rotatable bonds is 12. The minimum absolute atomic E-state index is 0.00172. The third kappa shape index (κ3) is 8.40. The molecule has 0 saturated carbocycles. The maximum atomic E-state index is 13.6. The van der Waals surface area contributed by atoms with Gasteiger partial charge in [0.15, 0.2) is 5.13 Å². The Labute approximate surface area is 274 Å². The summed E-state index contributed by atoms with van der Waals surface area (Å²) < 4.78 is 10.8. The van der Waals surface area contributed by atoms with Crippen molar-refractivity contribution in [2.75, 3.05) is 24.9 Å². The average molecular weight is 651 g/mol. The van der Waals surface area contributed by atoms with Crippen LogP contribution in [0.1, 0.15) is 26.7 Å². The van der Waals surface area contributed by atoms with Gasteiger partial charge in [0.1, 0.15) is 22.4 Å². The summed E-state index contributed by atoms with van der Waals surface area (Å²) in [6.07, 6.45) is 3.17. The third-order valence-corrected chi connectivity index (χ3v) is 8.59. The highest BCUT2D eigenvalue weighted by Gasteiger charge is 2.23. The fourth-order valence-corrected chi connectivity index (χ4v) is 5.91. The molecule has 5 rings (SSSR count). The zero-order valence-electron chi connectivity index (χ0n) is 24.9. The molecule has 1 atom stereocenters. The van der Waals surface area contributed by atoms with E-state index in [-0.39, 0.29) is 11.6 Å². The molecule has 0 aliphatic rings. The van der Waals surface area contributed by atoms with E-state index < -0.39 is 17.1 Å². The molecule has 0 aliphatic heterocycles. The fourth-order valence-electron chi connectivity index (χ4n) is 4.36. The van der Waals surface area contributed by atoms with Crippen LogP contribution in [0.2, 0.25) is 0 Å². The van der Waals surface area contributed by atoms with Crippen LogP contribution in [0, 0.1) is 0 Å². The van der Waals surface area contributed by atoms with Crippen molar-refractivity contribution in [2.24, 2.45) is 0 Å². The van der Waals surface area contributed by atoms with Crippen LogP contribution in [-0.2, 0) is 9.59 Å². The second-order valence-electron chi connectivity index (χ2n) is 9.70. The molecule has 0 aliphatic carbocycles. The number of methoxy groups -OCH3 is 2. The van der Waals surface area contributed by atoms with E-state index in [1.807, 2.05) is 42.5 Å². The van der Waals surface area contributed by atoms with Crippen molar-refractivity contribution in [3.8, 4) is 11.5 Å². The Balaban J connectivity index is 1.36. The molecule has 4 aromatic carbocycles. The van der Waals surface area contributed by atoms with Crippen molar-refractivity contribution < 1.29 is 23.9 Å². The van der Waals surface area contributed by atoms with Crippen molar-refractivity contribution >= 4 is 57.7 Å². The molecule has 0 saturated heterocycles. The van der Waals surface area contributed by atoms with Crippen LogP contribution in [-0.4, -0.2) is 36.9 Å². The van der Waals surface area contributed by atoms with Crippen LogP contribution in [0.4, 0.5) is 10.8 Å². The number of amides is 3. The fraction of sp³-hybridized carbons (Fsp3) is 0.0857. The highest BCUT2D eigenvalue weighted by Crippen LogP contribution is 2.37. The van der Waals surface area contributed by atoms with Gasteiger partial charge < -0.3 is 25.4 Å². The number of anilines is 2. The van der Waals surface area contributed by atoms with Crippen molar-refractivity contribution in [3.05, 3.63) is 137 Å². The van der Waals surface area contributed by atoms with Gasteiger partial charge in [-0.1, -0.05) is 48.5 Å². The second kappa shape index (κ2) is 15.6. The van der Waals surface area contributed by atoms with Gasteiger partial charge in [-0.3, -0.25) is 14.4 Å². The molecule has 1 unspecified atom stereocenters. The lowest BCUT2D eigenvalue weighted by Gasteiger charge is -2.17. The van der Waals surface area contributed by atoms with E-state index in [9.17, 15) is 14.4 Å². The molecule has 5 aromatic rings. The molecule has 46 heavy (non-hydrogen) atoms. The Kier molecular flexibility index (Phi) is 10.8. The lowest BCUT2D eigenvalue weighted by molar-refractivity contribution is -0.116. The smallest absolute Gasteiger partial charge is 0.272 e. The molecule has 0 fully saturated rings. The van der Waals surface area contributed by atoms with E-state index in [1.54, 1.807) is 72.2 Å². The van der Waals surface area contributed by atoms with Gasteiger partial charge in [0.25, 0.3) is 11.8 Å². The van der Waals surface area contributed by atoms with E-state index in [0.717, 1.165) is 10.5 Å². The zero-order valence-corrected chi connectivity index (χ0v) is 26.6. The van der Waals surface area contributed by atoms with E-state index in [1.165, 1.54) is 43.4 Å². The first-order valence-corrected chi connectivity index (χ1v) is 15.8. The molecule has 0 radical (unpaired) electrons. The summed E-state index contributed by atoms with van der Waals surface area (Å²) in [5.74, 6) is -0.129. The first-order valence-electron chi connectivity index (χ1n) is 14.1. The molecule has 0 bridgehead atoms. The number of nitrogens with zero attached hydrogens (tertiary/aromatic N) is 1. The minimum Gasteiger partial charge on any atom is -0.497 e. The van der Waals surface area contributed by atoms with Crippen LogP contribution < -0.4 is 25.4 Å². The Morgan fingerprint density at radius 2 is 1.57 bits per heavy atom. The molecule has 232 valence electrons. The first-order chi connectivity index (χ1) is 22.4. The van der Waals surface area contributed by atoms with E-state index in [4.69, 9.17) is 9.47 Å². The number of thioether (sulfide) groups is 1. The highest BCUT2D eigenvalue weighted by atomic mass is 32.2. The van der Waals surface area contributed by atoms with Crippen LogP contribution >= 0.6 is 23.1 Å². The van der Waals surface area contributed by atoms with Crippen molar-refractivity contribution in [1.29, 1.82) is 0 Å². The van der Waals surface area contributed by atoms with Gasteiger partial charge in [0.2, 0.25) is 5.91 Å². The minimum atomic E-state index is -0.542. The Bertz CT molecular complexity index is 1810. The van der Waals surface area contributed by atoms with E-state index in [0.29, 0.717) is 33.4 Å². The molecular weight excluding hydrogens is 621 g/mol. The lowest BCUT2D eigenvalue weighted by Crippen LogP contribution is -2.30. The second-order valence-corrected chi connectivity index (χ2v) is 11.8. The maximum Gasteiger partial charge on any atom is 0.272 e. The van der Waals surface area contributed by atoms with E-state index in [2.05, 4.69) is 20.9 Å². The number of nitrogens with one attached hydrogen (secondary N) is 3. The monoisotopic (exact) mass is 650 g/mol.